The summed E-state index contributed by atoms with van der Waals surface area (Å²) in [6, 6.07) is 28.4. The van der Waals surface area contributed by atoms with Gasteiger partial charge in [-0.25, -0.2) is 15.0 Å². The molecule has 0 N–H and O–H groups in total. The van der Waals surface area contributed by atoms with Crippen molar-refractivity contribution in [2.24, 2.45) is 0 Å². The van der Waals surface area contributed by atoms with E-state index in [0.29, 0.717) is 11.6 Å². The molecule has 0 fully saturated rings. The van der Waals surface area contributed by atoms with Crippen LogP contribution in [0.2, 0.25) is 0 Å². The van der Waals surface area contributed by atoms with Gasteiger partial charge in [-0.2, -0.15) is 0 Å². The summed E-state index contributed by atoms with van der Waals surface area (Å²) in [4.78, 5) is 15.1. The maximum absolute atomic E-state index is 6.34. The zero-order valence-corrected chi connectivity index (χ0v) is 20.3. The van der Waals surface area contributed by atoms with Crippen LogP contribution in [-0.2, 0) is 0 Å². The second-order valence-electron chi connectivity index (χ2n) is 9.55. The maximum atomic E-state index is 6.34. The van der Waals surface area contributed by atoms with E-state index < -0.39 is 0 Å². The average Bonchev–Trinajstić information content (AvgIpc) is 3.56. The Labute approximate surface area is 217 Å². The highest BCUT2D eigenvalue weighted by Crippen LogP contribution is 2.38. The molecule has 7 aromatic rings. The minimum atomic E-state index is 0.0654. The first-order valence-electron chi connectivity index (χ1n) is 12.7. The molecular formula is C33H21N3O2. The number of hydrogen-bond acceptors (Lipinski definition) is 5. The van der Waals surface area contributed by atoms with Gasteiger partial charge in [-0.1, -0.05) is 85.0 Å². The van der Waals surface area contributed by atoms with Gasteiger partial charge < -0.3 is 8.83 Å². The Bertz CT molecular complexity index is 2080. The largest absolute Gasteiger partial charge is 0.456 e. The van der Waals surface area contributed by atoms with Crippen LogP contribution in [0.1, 0.15) is 18.2 Å². The number of allylic oxidation sites excluding steroid dienone is 4. The lowest BCUT2D eigenvalue weighted by molar-refractivity contribution is 0.668. The summed E-state index contributed by atoms with van der Waals surface area (Å²) in [6.45, 7) is 0. The van der Waals surface area contributed by atoms with Crippen molar-refractivity contribution in [2.45, 2.75) is 12.3 Å². The molecule has 4 aromatic carbocycles. The molecule has 3 heterocycles. The molecule has 180 valence electrons. The van der Waals surface area contributed by atoms with Crippen molar-refractivity contribution in [3.63, 3.8) is 0 Å². The Hall–Kier alpha value is -5.03. The monoisotopic (exact) mass is 491 g/mol. The standard InChI is InChI=1S/C33H21N3O2/c1-2-10-20(11-3-1)31-34-32(24-15-9-19-28-29(24)23-13-5-7-18-27(23)37-28)36-33(35-31)25-16-8-14-22-21-12-4-6-17-26(21)38-30(22)25/h1-10,12-20H,11H2. The molecule has 0 spiro atoms. The van der Waals surface area contributed by atoms with Crippen LogP contribution in [0.3, 0.4) is 0 Å². The molecule has 38 heavy (non-hydrogen) atoms. The predicted molar refractivity (Wildman–Crippen MR) is 151 cm³/mol. The van der Waals surface area contributed by atoms with Crippen LogP contribution < -0.4 is 0 Å². The molecule has 0 bridgehead atoms. The molecular weight excluding hydrogens is 470 g/mol. The molecule has 8 rings (SSSR count). The van der Waals surface area contributed by atoms with Crippen LogP contribution in [0.25, 0.3) is 66.7 Å². The summed E-state index contributed by atoms with van der Waals surface area (Å²) in [5.41, 5.74) is 5.05. The van der Waals surface area contributed by atoms with Crippen molar-refractivity contribution in [2.75, 3.05) is 0 Å². The third kappa shape index (κ3) is 3.22. The van der Waals surface area contributed by atoms with Crippen LogP contribution >= 0.6 is 0 Å². The van der Waals surface area contributed by atoms with Crippen LogP contribution in [0.15, 0.2) is 118 Å². The molecule has 0 saturated heterocycles. The summed E-state index contributed by atoms with van der Waals surface area (Å²) in [5, 5.41) is 4.17. The number of nitrogens with zero attached hydrogens (tertiary/aromatic N) is 3. The Morgan fingerprint density at radius 3 is 2.11 bits per heavy atom. The molecule has 3 aromatic heterocycles. The van der Waals surface area contributed by atoms with E-state index in [1.165, 1.54) is 0 Å². The Kier molecular flexibility index (Phi) is 4.58. The van der Waals surface area contributed by atoms with E-state index in [1.807, 2.05) is 60.7 Å². The minimum Gasteiger partial charge on any atom is -0.456 e. The van der Waals surface area contributed by atoms with Gasteiger partial charge in [-0.3, -0.25) is 0 Å². The van der Waals surface area contributed by atoms with E-state index in [0.717, 1.165) is 67.2 Å². The highest BCUT2D eigenvalue weighted by Gasteiger charge is 2.22. The van der Waals surface area contributed by atoms with Crippen molar-refractivity contribution < 1.29 is 8.83 Å². The Morgan fingerprint density at radius 1 is 0.579 bits per heavy atom. The fraction of sp³-hybridized carbons (Fsp3) is 0.0606. The number of rotatable bonds is 3. The molecule has 0 saturated carbocycles. The number of para-hydroxylation sites is 3. The van der Waals surface area contributed by atoms with Crippen molar-refractivity contribution in [1.29, 1.82) is 0 Å². The smallest absolute Gasteiger partial charge is 0.167 e. The summed E-state index contributed by atoms with van der Waals surface area (Å²) in [5.74, 6) is 2.03. The van der Waals surface area contributed by atoms with Crippen LogP contribution in [0.4, 0.5) is 0 Å². The van der Waals surface area contributed by atoms with Crippen LogP contribution in [0, 0.1) is 0 Å². The van der Waals surface area contributed by atoms with Crippen LogP contribution in [-0.4, -0.2) is 15.0 Å². The number of furan rings is 2. The summed E-state index contributed by atoms with van der Waals surface area (Å²) >= 11 is 0. The predicted octanol–water partition coefficient (Wildman–Crippen LogP) is 8.60. The Morgan fingerprint density at radius 2 is 1.26 bits per heavy atom. The van der Waals surface area contributed by atoms with E-state index in [1.54, 1.807) is 0 Å². The average molecular weight is 492 g/mol. The van der Waals surface area contributed by atoms with E-state index in [2.05, 4.69) is 48.6 Å². The second-order valence-corrected chi connectivity index (χ2v) is 9.55. The van der Waals surface area contributed by atoms with Crippen molar-refractivity contribution in [1.82, 2.24) is 15.0 Å². The molecule has 0 aliphatic heterocycles. The summed E-state index contributed by atoms with van der Waals surface area (Å²) in [7, 11) is 0. The molecule has 1 aliphatic carbocycles. The van der Waals surface area contributed by atoms with Gasteiger partial charge in [0.1, 0.15) is 28.2 Å². The topological polar surface area (TPSA) is 65.0 Å². The molecule has 1 unspecified atom stereocenters. The normalized spacial score (nSPS) is 15.3. The molecule has 1 aliphatic rings. The molecule has 0 radical (unpaired) electrons. The number of benzene rings is 4. The van der Waals surface area contributed by atoms with E-state index in [-0.39, 0.29) is 5.92 Å². The van der Waals surface area contributed by atoms with E-state index in [9.17, 15) is 0 Å². The number of aromatic nitrogens is 3. The maximum Gasteiger partial charge on any atom is 0.167 e. The third-order valence-electron chi connectivity index (χ3n) is 7.25. The van der Waals surface area contributed by atoms with Gasteiger partial charge in [-0.05, 0) is 30.7 Å². The Balaban J connectivity index is 1.42. The lowest BCUT2D eigenvalue weighted by atomic mass is 9.99. The third-order valence-corrected chi connectivity index (χ3v) is 7.25. The van der Waals surface area contributed by atoms with E-state index in [4.69, 9.17) is 23.8 Å². The molecule has 0 amide bonds. The second kappa shape index (κ2) is 8.25. The van der Waals surface area contributed by atoms with Crippen molar-refractivity contribution in [3.8, 4) is 22.8 Å². The van der Waals surface area contributed by atoms with Gasteiger partial charge >= 0.3 is 0 Å². The highest BCUT2D eigenvalue weighted by atomic mass is 16.3. The van der Waals surface area contributed by atoms with Gasteiger partial charge in [0.25, 0.3) is 0 Å². The zero-order valence-electron chi connectivity index (χ0n) is 20.3. The lowest BCUT2D eigenvalue weighted by Crippen LogP contribution is -2.08. The van der Waals surface area contributed by atoms with Gasteiger partial charge in [0.2, 0.25) is 0 Å². The summed E-state index contributed by atoms with van der Waals surface area (Å²) in [6.07, 6.45) is 9.26. The van der Waals surface area contributed by atoms with Gasteiger partial charge in [0, 0.05) is 33.0 Å². The first kappa shape index (κ1) is 21.1. The summed E-state index contributed by atoms with van der Waals surface area (Å²) < 4.78 is 12.5. The molecule has 1 atom stereocenters. The number of fused-ring (bicyclic) bond motifs is 6. The number of hydrogen-bond donors (Lipinski definition) is 0. The molecule has 5 heteroatoms. The van der Waals surface area contributed by atoms with Crippen molar-refractivity contribution in [3.05, 3.63) is 115 Å². The van der Waals surface area contributed by atoms with Gasteiger partial charge in [-0.15, -0.1) is 0 Å². The van der Waals surface area contributed by atoms with Crippen LogP contribution in [0.5, 0.6) is 0 Å². The van der Waals surface area contributed by atoms with Gasteiger partial charge in [0.15, 0.2) is 11.6 Å². The zero-order chi connectivity index (χ0) is 25.1. The SMILES string of the molecule is C1=CCC(c2nc(-c3cccc4c3oc3ccccc34)nc(-c3cccc4oc5ccccc5c34)n2)C=C1. The van der Waals surface area contributed by atoms with Gasteiger partial charge in [0.05, 0.1) is 5.56 Å². The molecule has 5 nitrogen and oxygen atoms in total. The fourth-order valence-electron chi connectivity index (χ4n) is 5.46. The first-order valence-corrected chi connectivity index (χ1v) is 12.7. The highest BCUT2D eigenvalue weighted by molar-refractivity contribution is 6.12. The van der Waals surface area contributed by atoms with E-state index >= 15 is 0 Å². The minimum absolute atomic E-state index is 0.0654. The fourth-order valence-corrected chi connectivity index (χ4v) is 5.46. The van der Waals surface area contributed by atoms with Crippen molar-refractivity contribution >= 4 is 43.9 Å². The first-order chi connectivity index (χ1) is 18.8. The lowest BCUT2D eigenvalue weighted by Gasteiger charge is -2.14. The quantitative estimate of drug-likeness (QED) is 0.248.